The maximum Gasteiger partial charge on any atom is 0.265 e. The van der Waals surface area contributed by atoms with Gasteiger partial charge in [-0.3, -0.25) is 13.9 Å². The summed E-state index contributed by atoms with van der Waals surface area (Å²) >= 11 is 12.8. The van der Waals surface area contributed by atoms with Crippen molar-refractivity contribution in [2.24, 2.45) is 0 Å². The first-order chi connectivity index (χ1) is 18.7. The van der Waals surface area contributed by atoms with E-state index < -0.39 is 16.1 Å². The van der Waals surface area contributed by atoms with Crippen LogP contribution in [0.4, 0.5) is 5.69 Å². The minimum atomic E-state index is -3.71. The number of carbonyl (C=O) groups is 2. The molecule has 3 aromatic rings. The van der Waals surface area contributed by atoms with Gasteiger partial charge in [-0.25, -0.2) is 8.42 Å². The Morgan fingerprint density at radius 3 is 2.31 bits per heavy atom. The third-order valence-corrected chi connectivity index (χ3v) is 9.60. The topological polar surface area (TPSA) is 86.8 Å². The molecule has 0 unspecified atom stereocenters. The maximum atomic E-state index is 13.6. The molecule has 1 N–H and O–H groups in total. The maximum absolute atomic E-state index is 13.6. The Kier molecular flexibility index (Phi) is 9.41. The molecule has 0 aromatic heterocycles. The molecule has 1 aliphatic heterocycles. The van der Waals surface area contributed by atoms with Crippen LogP contribution >= 0.6 is 23.2 Å². The van der Waals surface area contributed by atoms with Crippen molar-refractivity contribution in [1.82, 2.24) is 10.2 Å². The quantitative estimate of drug-likeness (QED) is 0.256. The number of nitrogens with one attached hydrogen (secondary N) is 1. The van der Waals surface area contributed by atoms with E-state index in [0.717, 1.165) is 18.2 Å². The predicted octanol–water partition coefficient (Wildman–Crippen LogP) is 6.16. The lowest BCUT2D eigenvalue weighted by atomic mass is 10.1. The molecule has 1 aliphatic rings. The van der Waals surface area contributed by atoms with E-state index in [1.165, 1.54) is 9.21 Å². The fourth-order valence-corrected chi connectivity index (χ4v) is 7.26. The molecule has 0 spiro atoms. The molecular formula is C29H33Cl2N3O4S. The van der Waals surface area contributed by atoms with Crippen LogP contribution in [-0.4, -0.2) is 44.3 Å². The Hall–Kier alpha value is -2.81. The summed E-state index contributed by atoms with van der Waals surface area (Å²) in [5, 5.41) is 5.32. The summed E-state index contributed by atoms with van der Waals surface area (Å²) in [6.07, 6.45) is 2.52. The molecule has 10 heteroatoms. The molecular weight excluding hydrogens is 557 g/mol. The average molecular weight is 591 g/mol. The smallest absolute Gasteiger partial charge is 0.265 e. The van der Waals surface area contributed by atoms with Gasteiger partial charge >= 0.3 is 0 Å². The first-order valence-corrected chi connectivity index (χ1v) is 15.4. The molecule has 0 fully saturated rings. The van der Waals surface area contributed by atoms with Crippen molar-refractivity contribution in [3.05, 3.63) is 70.2 Å². The number of benzene rings is 3. The zero-order valence-electron chi connectivity index (χ0n) is 22.1. The molecule has 208 valence electrons. The van der Waals surface area contributed by atoms with Gasteiger partial charge in [-0.2, -0.15) is 0 Å². The molecule has 0 saturated carbocycles. The van der Waals surface area contributed by atoms with Crippen LogP contribution in [0.5, 0.6) is 0 Å². The number of unbranched alkanes of at least 4 members (excludes halogenated alkanes) is 1. The van der Waals surface area contributed by atoms with Gasteiger partial charge in [0, 0.05) is 47.1 Å². The summed E-state index contributed by atoms with van der Waals surface area (Å²) in [7, 11) is -3.71. The first kappa shape index (κ1) is 29.2. The molecule has 3 aromatic carbocycles. The van der Waals surface area contributed by atoms with Crippen LogP contribution in [0.25, 0.3) is 10.8 Å². The number of carbonyl (C=O) groups excluding carboxylic acids is 2. The number of nitrogens with zero attached hydrogens (tertiary/aromatic N) is 2. The van der Waals surface area contributed by atoms with E-state index in [0.29, 0.717) is 39.6 Å². The van der Waals surface area contributed by atoms with E-state index in [-0.39, 0.29) is 42.6 Å². The summed E-state index contributed by atoms with van der Waals surface area (Å²) in [5.74, 6) is -0.498. The third kappa shape index (κ3) is 6.03. The summed E-state index contributed by atoms with van der Waals surface area (Å²) in [6.45, 7) is 4.64. The summed E-state index contributed by atoms with van der Waals surface area (Å²) in [6, 6.07) is 15.2. The Morgan fingerprint density at radius 1 is 0.974 bits per heavy atom. The Labute approximate surface area is 240 Å². The van der Waals surface area contributed by atoms with Crippen molar-refractivity contribution in [3.63, 3.8) is 0 Å². The predicted molar refractivity (Wildman–Crippen MR) is 157 cm³/mol. The van der Waals surface area contributed by atoms with Gasteiger partial charge < -0.3 is 10.2 Å². The Bertz CT molecular complexity index is 1450. The standard InChI is InChI=1S/C29H33Cl2N3O4S/c1-3-5-17-32-29(36)24(4-2)33(19-21-22(30)12-8-13-23(21)31)27(35)16-9-18-34-25-14-6-10-20-11-7-15-26(28(20)25)39(34,37)38/h6-8,10-15,24H,3-5,9,16-19H2,1-2H3,(H,32,36)/t24-/m0/s1. The molecule has 0 saturated heterocycles. The second-order valence-corrected chi connectivity index (χ2v) is 12.2. The van der Waals surface area contributed by atoms with Crippen LogP contribution in [0.2, 0.25) is 10.0 Å². The zero-order valence-corrected chi connectivity index (χ0v) is 24.5. The van der Waals surface area contributed by atoms with Crippen molar-refractivity contribution in [1.29, 1.82) is 0 Å². The normalized spacial score (nSPS) is 14.4. The number of rotatable bonds is 12. The lowest BCUT2D eigenvalue weighted by molar-refractivity contribution is -0.141. The fourth-order valence-electron chi connectivity index (χ4n) is 5.00. The molecule has 1 heterocycles. The van der Waals surface area contributed by atoms with Crippen LogP contribution in [0.15, 0.2) is 59.5 Å². The van der Waals surface area contributed by atoms with Gasteiger partial charge in [0.2, 0.25) is 11.8 Å². The number of sulfonamides is 1. The van der Waals surface area contributed by atoms with E-state index in [2.05, 4.69) is 5.32 Å². The van der Waals surface area contributed by atoms with Crippen LogP contribution in [0, 0.1) is 0 Å². The highest BCUT2D eigenvalue weighted by Crippen LogP contribution is 2.42. The van der Waals surface area contributed by atoms with E-state index in [9.17, 15) is 18.0 Å². The molecule has 0 aliphatic carbocycles. The highest BCUT2D eigenvalue weighted by atomic mass is 35.5. The number of anilines is 1. The van der Waals surface area contributed by atoms with Crippen LogP contribution in [0.1, 0.15) is 51.5 Å². The second kappa shape index (κ2) is 12.6. The number of amides is 2. The summed E-state index contributed by atoms with van der Waals surface area (Å²) in [5.41, 5.74) is 1.19. The van der Waals surface area contributed by atoms with Crippen LogP contribution in [-0.2, 0) is 26.2 Å². The van der Waals surface area contributed by atoms with Crippen LogP contribution < -0.4 is 9.62 Å². The molecule has 1 atom stereocenters. The summed E-state index contributed by atoms with van der Waals surface area (Å²) in [4.78, 5) is 28.5. The first-order valence-electron chi connectivity index (χ1n) is 13.2. The largest absolute Gasteiger partial charge is 0.354 e. The molecule has 7 nitrogen and oxygen atoms in total. The highest BCUT2D eigenvalue weighted by Gasteiger charge is 2.35. The van der Waals surface area contributed by atoms with Gasteiger partial charge in [-0.1, -0.05) is 73.8 Å². The van der Waals surface area contributed by atoms with Gasteiger partial charge in [0.1, 0.15) is 6.04 Å². The molecule has 4 rings (SSSR count). The van der Waals surface area contributed by atoms with Gasteiger partial charge in [0.25, 0.3) is 10.0 Å². The van der Waals surface area contributed by atoms with Crippen molar-refractivity contribution < 1.29 is 18.0 Å². The van der Waals surface area contributed by atoms with E-state index in [1.54, 1.807) is 36.4 Å². The SMILES string of the molecule is CCCCNC(=O)[C@H](CC)N(Cc1c(Cl)cccc1Cl)C(=O)CCCN1c2cccc3cccc(c23)S1(=O)=O. The molecule has 0 radical (unpaired) electrons. The molecule has 0 bridgehead atoms. The van der Waals surface area contributed by atoms with E-state index in [1.807, 2.05) is 32.0 Å². The van der Waals surface area contributed by atoms with Crippen LogP contribution in [0.3, 0.4) is 0 Å². The van der Waals surface area contributed by atoms with Crippen molar-refractivity contribution in [3.8, 4) is 0 Å². The van der Waals surface area contributed by atoms with E-state index >= 15 is 0 Å². The van der Waals surface area contributed by atoms with Gasteiger partial charge in [0.15, 0.2) is 0 Å². The minimum absolute atomic E-state index is 0.0547. The van der Waals surface area contributed by atoms with Crippen molar-refractivity contribution >= 4 is 61.5 Å². The monoisotopic (exact) mass is 589 g/mol. The minimum Gasteiger partial charge on any atom is -0.354 e. The zero-order chi connectivity index (χ0) is 28.2. The Morgan fingerprint density at radius 2 is 1.64 bits per heavy atom. The number of halogens is 2. The van der Waals surface area contributed by atoms with Crippen molar-refractivity contribution in [2.75, 3.05) is 17.4 Å². The highest BCUT2D eigenvalue weighted by molar-refractivity contribution is 7.93. The van der Waals surface area contributed by atoms with Gasteiger partial charge in [-0.05, 0) is 48.9 Å². The average Bonchev–Trinajstić information content (AvgIpc) is 3.13. The molecule has 2 amide bonds. The van der Waals surface area contributed by atoms with E-state index in [4.69, 9.17) is 23.2 Å². The number of hydrogen-bond donors (Lipinski definition) is 1. The third-order valence-electron chi connectivity index (χ3n) is 7.04. The fraction of sp³-hybridized carbons (Fsp3) is 0.379. The van der Waals surface area contributed by atoms with Gasteiger partial charge in [-0.15, -0.1) is 0 Å². The lowest BCUT2D eigenvalue weighted by Crippen LogP contribution is -2.49. The molecule has 39 heavy (non-hydrogen) atoms. The summed E-state index contributed by atoms with van der Waals surface area (Å²) < 4.78 is 28.0. The lowest BCUT2D eigenvalue weighted by Gasteiger charge is -2.31. The second-order valence-electron chi connectivity index (χ2n) is 9.60. The number of hydrogen-bond acceptors (Lipinski definition) is 4. The van der Waals surface area contributed by atoms with Crippen molar-refractivity contribution in [2.45, 2.75) is 63.4 Å². The van der Waals surface area contributed by atoms with Gasteiger partial charge in [0.05, 0.1) is 10.6 Å². The Balaban J connectivity index is 1.53.